The zero-order chi connectivity index (χ0) is 8.27. The van der Waals surface area contributed by atoms with Crippen LogP contribution < -0.4 is 5.84 Å². The minimum Gasteiger partial charge on any atom is -0.460 e. The Labute approximate surface area is 88.1 Å². The molecular weight excluding hydrogens is 217 g/mol. The van der Waals surface area contributed by atoms with Gasteiger partial charge in [0.2, 0.25) is 5.82 Å². The van der Waals surface area contributed by atoms with Crippen molar-refractivity contribution in [2.24, 2.45) is 0 Å². The molecule has 7 heteroatoms. The van der Waals surface area contributed by atoms with Crippen molar-refractivity contribution in [2.45, 2.75) is 6.92 Å². The number of ether oxygens (including phenoxy) is 1. The maximum atomic E-state index is 10.9. The minimum absolute atomic E-state index is 0. The first-order chi connectivity index (χ1) is 5.25. The van der Waals surface area contributed by atoms with Gasteiger partial charge in [0.1, 0.15) is 0 Å². The SMILES string of the molecule is CCOC(=O)c1nccn1N.Cl.Cl. The van der Waals surface area contributed by atoms with Crippen LogP contribution in [0.2, 0.25) is 0 Å². The molecule has 0 spiro atoms. The summed E-state index contributed by atoms with van der Waals surface area (Å²) in [6, 6.07) is 0. The molecule has 0 aliphatic rings. The van der Waals surface area contributed by atoms with E-state index >= 15 is 0 Å². The molecule has 0 atom stereocenters. The first-order valence-corrected chi connectivity index (χ1v) is 3.21. The second-order valence-electron chi connectivity index (χ2n) is 1.88. The number of nitrogen functional groups attached to an aromatic ring is 1. The fourth-order valence-electron chi connectivity index (χ4n) is 0.667. The number of halogens is 2. The lowest BCUT2D eigenvalue weighted by Crippen LogP contribution is -2.18. The van der Waals surface area contributed by atoms with Gasteiger partial charge in [-0.1, -0.05) is 0 Å². The number of aromatic nitrogens is 2. The standard InChI is InChI=1S/C6H9N3O2.2ClH/c1-2-11-6(10)5-8-3-4-9(5)7;;/h3-4H,2,7H2,1H3;2*1H. The normalized spacial score (nSPS) is 8.08. The van der Waals surface area contributed by atoms with Gasteiger partial charge in [0.15, 0.2) is 0 Å². The van der Waals surface area contributed by atoms with Crippen LogP contribution in [-0.2, 0) is 4.74 Å². The summed E-state index contributed by atoms with van der Waals surface area (Å²) in [4.78, 5) is 14.6. The van der Waals surface area contributed by atoms with Gasteiger partial charge in [-0.3, -0.25) is 0 Å². The molecule has 0 amide bonds. The van der Waals surface area contributed by atoms with Crippen molar-refractivity contribution in [3.05, 3.63) is 18.2 Å². The summed E-state index contributed by atoms with van der Waals surface area (Å²) in [7, 11) is 0. The van der Waals surface area contributed by atoms with E-state index in [0.29, 0.717) is 6.61 Å². The summed E-state index contributed by atoms with van der Waals surface area (Å²) in [5, 5.41) is 0. The third kappa shape index (κ3) is 3.52. The van der Waals surface area contributed by atoms with Crippen molar-refractivity contribution < 1.29 is 9.53 Å². The smallest absolute Gasteiger partial charge is 0.376 e. The van der Waals surface area contributed by atoms with E-state index in [1.807, 2.05) is 0 Å². The maximum absolute atomic E-state index is 10.9. The Morgan fingerprint density at radius 1 is 1.69 bits per heavy atom. The van der Waals surface area contributed by atoms with Crippen LogP contribution in [0.15, 0.2) is 12.4 Å². The number of nitrogens with two attached hydrogens (primary N) is 1. The molecule has 1 heterocycles. The molecule has 0 fully saturated rings. The van der Waals surface area contributed by atoms with E-state index in [1.165, 1.54) is 12.4 Å². The Morgan fingerprint density at radius 3 is 2.69 bits per heavy atom. The van der Waals surface area contributed by atoms with Crippen LogP contribution in [0.3, 0.4) is 0 Å². The second kappa shape index (κ2) is 6.56. The summed E-state index contributed by atoms with van der Waals surface area (Å²) >= 11 is 0. The largest absolute Gasteiger partial charge is 0.460 e. The highest BCUT2D eigenvalue weighted by atomic mass is 35.5. The summed E-state index contributed by atoms with van der Waals surface area (Å²) < 4.78 is 5.79. The molecule has 2 N–H and O–H groups in total. The maximum Gasteiger partial charge on any atom is 0.376 e. The summed E-state index contributed by atoms with van der Waals surface area (Å²) in [5.41, 5.74) is 0. The number of carbonyl (C=O) groups is 1. The lowest BCUT2D eigenvalue weighted by Gasteiger charge is -1.99. The van der Waals surface area contributed by atoms with Crippen molar-refractivity contribution in [1.82, 2.24) is 9.66 Å². The number of hydrogen-bond acceptors (Lipinski definition) is 4. The quantitative estimate of drug-likeness (QED) is 0.594. The van der Waals surface area contributed by atoms with Gasteiger partial charge in [-0.2, -0.15) is 0 Å². The van der Waals surface area contributed by atoms with Crippen molar-refractivity contribution in [1.29, 1.82) is 0 Å². The van der Waals surface area contributed by atoms with E-state index in [2.05, 4.69) is 9.72 Å². The molecule has 0 unspecified atom stereocenters. The first kappa shape index (κ1) is 14.6. The molecule has 5 nitrogen and oxygen atoms in total. The number of carbonyl (C=O) groups excluding carboxylic acids is 1. The Morgan fingerprint density at radius 2 is 2.31 bits per heavy atom. The van der Waals surface area contributed by atoms with Crippen molar-refractivity contribution in [2.75, 3.05) is 12.4 Å². The van der Waals surface area contributed by atoms with Gasteiger partial charge < -0.3 is 10.6 Å². The molecular formula is C6H11Cl2N3O2. The lowest BCUT2D eigenvalue weighted by molar-refractivity contribution is 0.0509. The van der Waals surface area contributed by atoms with Crippen molar-refractivity contribution in [3.8, 4) is 0 Å². The molecule has 0 radical (unpaired) electrons. The van der Waals surface area contributed by atoms with Gasteiger partial charge in [-0.25, -0.2) is 14.5 Å². The highest BCUT2D eigenvalue weighted by molar-refractivity contribution is 5.86. The number of rotatable bonds is 2. The third-order valence-electron chi connectivity index (χ3n) is 1.13. The Kier molecular flexibility index (Phi) is 7.36. The van der Waals surface area contributed by atoms with E-state index < -0.39 is 5.97 Å². The highest BCUT2D eigenvalue weighted by Gasteiger charge is 2.10. The van der Waals surface area contributed by atoms with Gasteiger partial charge >= 0.3 is 5.97 Å². The van der Waals surface area contributed by atoms with Crippen LogP contribution in [0.1, 0.15) is 17.5 Å². The third-order valence-corrected chi connectivity index (χ3v) is 1.13. The molecule has 76 valence electrons. The molecule has 0 aliphatic heterocycles. The molecule has 0 saturated carbocycles. The number of imidazole rings is 1. The first-order valence-electron chi connectivity index (χ1n) is 3.21. The number of esters is 1. The monoisotopic (exact) mass is 227 g/mol. The van der Waals surface area contributed by atoms with E-state index in [0.717, 1.165) is 4.68 Å². The van der Waals surface area contributed by atoms with E-state index in [9.17, 15) is 4.79 Å². The van der Waals surface area contributed by atoms with Gasteiger partial charge in [0.25, 0.3) is 0 Å². The number of hydrogen-bond donors (Lipinski definition) is 1. The summed E-state index contributed by atoms with van der Waals surface area (Å²) in [6.45, 7) is 2.05. The Balaban J connectivity index is 0. The van der Waals surface area contributed by atoms with Gasteiger partial charge in [-0.05, 0) is 6.92 Å². The molecule has 0 aliphatic carbocycles. The van der Waals surface area contributed by atoms with Gasteiger partial charge in [-0.15, -0.1) is 24.8 Å². The summed E-state index contributed by atoms with van der Waals surface area (Å²) in [5.74, 6) is 4.94. The van der Waals surface area contributed by atoms with Crippen molar-refractivity contribution >= 4 is 30.8 Å². The number of nitrogens with zero attached hydrogens (tertiary/aromatic N) is 2. The van der Waals surface area contributed by atoms with E-state index in [-0.39, 0.29) is 30.6 Å². The van der Waals surface area contributed by atoms with Gasteiger partial charge in [0.05, 0.1) is 6.61 Å². The van der Waals surface area contributed by atoms with Crippen LogP contribution in [0.5, 0.6) is 0 Å². The zero-order valence-electron chi connectivity index (χ0n) is 6.97. The molecule has 1 aromatic heterocycles. The second-order valence-corrected chi connectivity index (χ2v) is 1.88. The molecule has 1 aromatic rings. The molecule has 0 aromatic carbocycles. The molecule has 0 bridgehead atoms. The topological polar surface area (TPSA) is 70.1 Å². The van der Waals surface area contributed by atoms with Crippen molar-refractivity contribution in [3.63, 3.8) is 0 Å². The minimum atomic E-state index is -0.500. The fourth-order valence-corrected chi connectivity index (χ4v) is 0.667. The lowest BCUT2D eigenvalue weighted by atomic mass is 10.6. The van der Waals surface area contributed by atoms with Crippen LogP contribution >= 0.6 is 24.8 Å². The van der Waals surface area contributed by atoms with Crippen LogP contribution in [0.4, 0.5) is 0 Å². The summed E-state index contributed by atoms with van der Waals surface area (Å²) in [6.07, 6.45) is 2.92. The Hall–Kier alpha value is -0.940. The molecule has 0 saturated heterocycles. The highest BCUT2D eigenvalue weighted by Crippen LogP contribution is 1.94. The predicted octanol–water partition coefficient (Wildman–Crippen LogP) is 0.617. The predicted molar refractivity (Wildman–Crippen MR) is 52.8 cm³/mol. The van der Waals surface area contributed by atoms with Gasteiger partial charge in [0, 0.05) is 12.4 Å². The molecule has 13 heavy (non-hydrogen) atoms. The fraction of sp³-hybridized carbons (Fsp3) is 0.333. The van der Waals surface area contributed by atoms with Crippen LogP contribution in [0, 0.1) is 0 Å². The van der Waals surface area contributed by atoms with Crippen LogP contribution in [-0.4, -0.2) is 22.2 Å². The van der Waals surface area contributed by atoms with Crippen LogP contribution in [0.25, 0.3) is 0 Å². The van der Waals surface area contributed by atoms with E-state index in [1.54, 1.807) is 6.92 Å². The Bertz CT molecular complexity index is 264. The van der Waals surface area contributed by atoms with E-state index in [4.69, 9.17) is 5.84 Å². The zero-order valence-corrected chi connectivity index (χ0v) is 8.60. The average Bonchev–Trinajstić information content (AvgIpc) is 2.36. The average molecular weight is 228 g/mol. The molecule has 1 rings (SSSR count).